The zero-order valence-electron chi connectivity index (χ0n) is 16.2. The number of aromatic hydroxyl groups is 1. The molecule has 1 fully saturated rings. The number of halogens is 1. The summed E-state index contributed by atoms with van der Waals surface area (Å²) in [5.74, 6) is -0.0816. The van der Waals surface area contributed by atoms with Crippen LogP contribution >= 0.6 is 35.6 Å². The third-order valence-electron chi connectivity index (χ3n) is 4.30. The second-order valence-electron chi connectivity index (χ2n) is 6.38. The Morgan fingerprint density at radius 3 is 2.70 bits per heavy atom. The largest absolute Gasteiger partial charge is 0.507 e. The summed E-state index contributed by atoms with van der Waals surface area (Å²) in [5.41, 5.74) is 0.981. The van der Waals surface area contributed by atoms with Crippen LogP contribution < -0.4 is 10.1 Å². The SMILES string of the molecule is CCOc1ccc(NC(=O)C(C)N2C(=O)/C(=C/c3cc(Cl)ccc3O)SC2=S)cc1. The van der Waals surface area contributed by atoms with Gasteiger partial charge >= 0.3 is 0 Å². The van der Waals surface area contributed by atoms with Gasteiger partial charge in [0, 0.05) is 16.3 Å². The molecule has 2 aromatic carbocycles. The molecule has 6 nitrogen and oxygen atoms in total. The molecule has 9 heteroatoms. The number of carbonyl (C=O) groups is 2. The van der Waals surface area contributed by atoms with Crippen LogP contribution in [0.15, 0.2) is 47.4 Å². The minimum atomic E-state index is -0.817. The van der Waals surface area contributed by atoms with Crippen LogP contribution in [0.25, 0.3) is 6.08 Å². The second kappa shape index (κ2) is 9.51. The van der Waals surface area contributed by atoms with E-state index in [0.717, 1.165) is 11.8 Å². The molecule has 30 heavy (non-hydrogen) atoms. The number of thioether (sulfide) groups is 1. The van der Waals surface area contributed by atoms with Gasteiger partial charge in [-0.3, -0.25) is 14.5 Å². The first-order chi connectivity index (χ1) is 14.3. The molecule has 1 aliphatic heterocycles. The molecule has 1 heterocycles. The van der Waals surface area contributed by atoms with E-state index in [1.54, 1.807) is 43.3 Å². The van der Waals surface area contributed by atoms with E-state index in [1.165, 1.54) is 17.0 Å². The molecule has 2 amide bonds. The predicted octanol–water partition coefficient (Wildman–Crippen LogP) is 4.67. The summed E-state index contributed by atoms with van der Waals surface area (Å²) < 4.78 is 5.65. The molecule has 0 aliphatic carbocycles. The molecule has 0 radical (unpaired) electrons. The van der Waals surface area contributed by atoms with Crippen molar-refractivity contribution in [1.29, 1.82) is 0 Å². The monoisotopic (exact) mass is 462 g/mol. The molecule has 3 rings (SSSR count). The van der Waals surface area contributed by atoms with Gasteiger partial charge in [-0.15, -0.1) is 0 Å². The minimum absolute atomic E-state index is 0.00837. The fourth-order valence-corrected chi connectivity index (χ4v) is 4.35. The summed E-state index contributed by atoms with van der Waals surface area (Å²) in [5, 5.41) is 13.2. The zero-order valence-corrected chi connectivity index (χ0v) is 18.6. The maximum absolute atomic E-state index is 12.9. The van der Waals surface area contributed by atoms with Crippen LogP contribution in [-0.2, 0) is 9.59 Å². The lowest BCUT2D eigenvalue weighted by Gasteiger charge is -2.22. The van der Waals surface area contributed by atoms with Crippen LogP contribution in [0.5, 0.6) is 11.5 Å². The van der Waals surface area contributed by atoms with Gasteiger partial charge in [0.1, 0.15) is 21.9 Å². The van der Waals surface area contributed by atoms with E-state index >= 15 is 0 Å². The van der Waals surface area contributed by atoms with Gasteiger partial charge in [-0.05, 0) is 62.4 Å². The summed E-state index contributed by atoms with van der Waals surface area (Å²) >= 11 is 12.3. The van der Waals surface area contributed by atoms with Gasteiger partial charge < -0.3 is 15.2 Å². The third kappa shape index (κ3) is 4.95. The van der Waals surface area contributed by atoms with Gasteiger partial charge in [0.05, 0.1) is 11.5 Å². The number of benzene rings is 2. The first-order valence-corrected chi connectivity index (χ1v) is 10.7. The van der Waals surface area contributed by atoms with Crippen molar-refractivity contribution in [3.63, 3.8) is 0 Å². The number of ether oxygens (including phenoxy) is 1. The third-order valence-corrected chi connectivity index (χ3v) is 5.86. The van der Waals surface area contributed by atoms with E-state index in [-0.39, 0.29) is 16.0 Å². The first-order valence-electron chi connectivity index (χ1n) is 9.09. The highest BCUT2D eigenvalue weighted by Crippen LogP contribution is 2.36. The lowest BCUT2D eigenvalue weighted by atomic mass is 10.1. The van der Waals surface area contributed by atoms with Crippen LogP contribution in [0, 0.1) is 0 Å². The molecular formula is C21H19ClN2O4S2. The average Bonchev–Trinajstić information content (AvgIpc) is 2.99. The molecule has 156 valence electrons. The predicted molar refractivity (Wildman–Crippen MR) is 124 cm³/mol. The molecule has 1 saturated heterocycles. The highest BCUT2D eigenvalue weighted by atomic mass is 35.5. The molecule has 1 aliphatic rings. The van der Waals surface area contributed by atoms with Gasteiger partial charge in [0.15, 0.2) is 0 Å². The van der Waals surface area contributed by atoms with Gasteiger partial charge in [-0.1, -0.05) is 35.6 Å². The number of nitrogens with zero attached hydrogens (tertiary/aromatic N) is 1. The fourth-order valence-electron chi connectivity index (χ4n) is 2.76. The van der Waals surface area contributed by atoms with E-state index < -0.39 is 11.9 Å². The maximum Gasteiger partial charge on any atom is 0.266 e. The summed E-state index contributed by atoms with van der Waals surface area (Å²) in [6.45, 7) is 4.05. The van der Waals surface area contributed by atoms with E-state index in [2.05, 4.69) is 5.32 Å². The molecular weight excluding hydrogens is 444 g/mol. The molecule has 0 saturated carbocycles. The molecule has 1 unspecified atom stereocenters. The summed E-state index contributed by atoms with van der Waals surface area (Å²) in [6.07, 6.45) is 1.51. The normalized spacial score (nSPS) is 16.1. The lowest BCUT2D eigenvalue weighted by molar-refractivity contribution is -0.129. The van der Waals surface area contributed by atoms with Crippen LogP contribution in [0.3, 0.4) is 0 Å². The van der Waals surface area contributed by atoms with Crippen molar-refractivity contribution >= 4 is 63.5 Å². The Kier molecular flexibility index (Phi) is 7.02. The van der Waals surface area contributed by atoms with Crippen molar-refractivity contribution < 1.29 is 19.4 Å². The number of amides is 2. The Morgan fingerprint density at radius 1 is 1.33 bits per heavy atom. The smallest absolute Gasteiger partial charge is 0.266 e. The lowest BCUT2D eigenvalue weighted by Crippen LogP contribution is -2.44. The molecule has 2 N–H and O–H groups in total. The standard InChI is InChI=1S/C21H19ClN2O4S2/c1-3-28-16-7-5-15(6-8-16)23-19(26)12(2)24-20(27)18(30-21(24)29)11-13-10-14(22)4-9-17(13)25/h4-12,25H,3H2,1-2H3,(H,23,26)/b18-11-. The number of carbonyl (C=O) groups excluding carboxylic acids is 2. The van der Waals surface area contributed by atoms with Crippen molar-refractivity contribution in [2.24, 2.45) is 0 Å². The Hall–Kier alpha value is -2.55. The van der Waals surface area contributed by atoms with Gasteiger partial charge in [-0.2, -0.15) is 0 Å². The van der Waals surface area contributed by atoms with Crippen molar-refractivity contribution in [3.8, 4) is 11.5 Å². The Labute approximate surface area is 188 Å². The van der Waals surface area contributed by atoms with Crippen LogP contribution in [-0.4, -0.2) is 38.8 Å². The molecule has 0 bridgehead atoms. The summed E-state index contributed by atoms with van der Waals surface area (Å²) in [4.78, 5) is 27.1. The topological polar surface area (TPSA) is 78.9 Å². The molecule has 2 aromatic rings. The van der Waals surface area contributed by atoms with Gasteiger partial charge in [0.2, 0.25) is 5.91 Å². The van der Waals surface area contributed by atoms with Crippen LogP contribution in [0.4, 0.5) is 5.69 Å². The highest BCUT2D eigenvalue weighted by Gasteiger charge is 2.38. The number of phenols is 1. The number of hydrogen-bond acceptors (Lipinski definition) is 6. The molecule has 0 spiro atoms. The Balaban J connectivity index is 1.74. The minimum Gasteiger partial charge on any atom is -0.507 e. The highest BCUT2D eigenvalue weighted by molar-refractivity contribution is 8.26. The van der Waals surface area contributed by atoms with Crippen molar-refractivity contribution in [3.05, 3.63) is 58.0 Å². The second-order valence-corrected chi connectivity index (χ2v) is 8.49. The zero-order chi connectivity index (χ0) is 21.8. The van der Waals surface area contributed by atoms with Crippen molar-refractivity contribution in [2.75, 3.05) is 11.9 Å². The number of phenolic OH excluding ortho intramolecular Hbond substituents is 1. The number of thiocarbonyl (C=S) groups is 1. The number of hydrogen-bond donors (Lipinski definition) is 2. The first kappa shape index (κ1) is 22.1. The molecule has 0 aromatic heterocycles. The van der Waals surface area contributed by atoms with E-state index in [4.69, 9.17) is 28.6 Å². The van der Waals surface area contributed by atoms with E-state index in [0.29, 0.717) is 33.5 Å². The Morgan fingerprint density at radius 2 is 2.03 bits per heavy atom. The van der Waals surface area contributed by atoms with Gasteiger partial charge in [0.25, 0.3) is 5.91 Å². The maximum atomic E-state index is 12.9. The number of nitrogens with one attached hydrogen (secondary N) is 1. The van der Waals surface area contributed by atoms with Crippen LogP contribution in [0.2, 0.25) is 5.02 Å². The van der Waals surface area contributed by atoms with Crippen LogP contribution in [0.1, 0.15) is 19.4 Å². The van der Waals surface area contributed by atoms with E-state index in [1.807, 2.05) is 6.92 Å². The molecule has 1 atom stereocenters. The summed E-state index contributed by atoms with van der Waals surface area (Å²) in [7, 11) is 0. The number of anilines is 1. The Bertz CT molecular complexity index is 1020. The fraction of sp³-hybridized carbons (Fsp3) is 0.190. The average molecular weight is 463 g/mol. The van der Waals surface area contributed by atoms with Crippen molar-refractivity contribution in [1.82, 2.24) is 4.90 Å². The summed E-state index contributed by atoms with van der Waals surface area (Å²) in [6, 6.07) is 10.7. The number of rotatable bonds is 6. The van der Waals surface area contributed by atoms with E-state index in [9.17, 15) is 14.7 Å². The quantitative estimate of drug-likeness (QED) is 0.479. The van der Waals surface area contributed by atoms with Gasteiger partial charge in [-0.25, -0.2) is 0 Å². The van der Waals surface area contributed by atoms with Crippen molar-refractivity contribution in [2.45, 2.75) is 19.9 Å².